The molecule has 0 atom stereocenters. The molecule has 0 bridgehead atoms. The molecule has 0 saturated carbocycles. The number of hydrogen-bond acceptors (Lipinski definition) is 4. The van der Waals surface area contributed by atoms with Gasteiger partial charge >= 0.3 is 6.61 Å². The van der Waals surface area contributed by atoms with Crippen LogP contribution in [-0.2, 0) is 9.59 Å². The highest BCUT2D eigenvalue weighted by molar-refractivity contribution is 9.10. The number of anilines is 1. The van der Waals surface area contributed by atoms with Gasteiger partial charge in [-0.3, -0.25) is 9.59 Å². The van der Waals surface area contributed by atoms with E-state index in [1.807, 2.05) is 13.0 Å². The Hall–Kier alpha value is -2.94. The van der Waals surface area contributed by atoms with Crippen molar-refractivity contribution in [3.8, 4) is 11.5 Å². The lowest BCUT2D eigenvalue weighted by molar-refractivity contribution is -0.121. The van der Waals surface area contributed by atoms with E-state index in [1.54, 1.807) is 19.1 Å². The molecule has 0 aliphatic rings. The minimum Gasteiger partial charge on any atom is -0.490 e. The summed E-state index contributed by atoms with van der Waals surface area (Å²) in [5.41, 5.74) is 2.08. The van der Waals surface area contributed by atoms with Crippen LogP contribution in [0.15, 0.2) is 46.9 Å². The zero-order valence-electron chi connectivity index (χ0n) is 16.4. The van der Waals surface area contributed by atoms with E-state index in [-0.39, 0.29) is 30.6 Å². The second-order valence-corrected chi connectivity index (χ2v) is 6.99. The molecule has 30 heavy (non-hydrogen) atoms. The molecule has 0 spiro atoms. The molecule has 2 N–H and O–H groups in total. The Kier molecular flexibility index (Phi) is 8.79. The van der Waals surface area contributed by atoms with Gasteiger partial charge in [0.25, 0.3) is 0 Å². The van der Waals surface area contributed by atoms with Gasteiger partial charge in [0.1, 0.15) is 0 Å². The lowest BCUT2D eigenvalue weighted by Crippen LogP contribution is -2.31. The molecule has 0 saturated heterocycles. The van der Waals surface area contributed by atoms with Crippen LogP contribution in [0.2, 0.25) is 0 Å². The van der Waals surface area contributed by atoms with Gasteiger partial charge in [0.15, 0.2) is 11.5 Å². The van der Waals surface area contributed by atoms with Gasteiger partial charge in [0, 0.05) is 16.2 Å². The maximum Gasteiger partial charge on any atom is 0.387 e. The first-order valence-electron chi connectivity index (χ1n) is 9.02. The summed E-state index contributed by atoms with van der Waals surface area (Å²) < 4.78 is 35.5. The summed E-state index contributed by atoms with van der Waals surface area (Å²) in [6, 6.07) is 9.75. The van der Waals surface area contributed by atoms with Crippen molar-refractivity contribution in [2.45, 2.75) is 20.5 Å². The number of hydrogen-bond donors (Lipinski definition) is 2. The zero-order valence-corrected chi connectivity index (χ0v) is 18.0. The number of carbonyl (C=O) groups is 2. The maximum atomic E-state index is 12.4. The lowest BCUT2D eigenvalue weighted by Gasteiger charge is -2.11. The Morgan fingerprint density at radius 1 is 1.17 bits per heavy atom. The Bertz CT molecular complexity index is 935. The van der Waals surface area contributed by atoms with Crippen molar-refractivity contribution in [2.75, 3.05) is 18.5 Å². The van der Waals surface area contributed by atoms with Gasteiger partial charge in [0.2, 0.25) is 11.8 Å². The molecule has 0 heterocycles. The second-order valence-electron chi connectivity index (χ2n) is 6.08. The van der Waals surface area contributed by atoms with E-state index in [0.29, 0.717) is 11.3 Å². The first kappa shape index (κ1) is 23.3. The van der Waals surface area contributed by atoms with Crippen LogP contribution in [0, 0.1) is 6.92 Å². The van der Waals surface area contributed by atoms with E-state index in [0.717, 1.165) is 10.0 Å². The van der Waals surface area contributed by atoms with E-state index in [1.165, 1.54) is 30.4 Å². The van der Waals surface area contributed by atoms with Gasteiger partial charge in [-0.15, -0.1) is 0 Å². The predicted molar refractivity (Wildman–Crippen MR) is 114 cm³/mol. The van der Waals surface area contributed by atoms with Crippen molar-refractivity contribution in [1.29, 1.82) is 0 Å². The lowest BCUT2D eigenvalue weighted by atomic mass is 10.2. The monoisotopic (exact) mass is 482 g/mol. The van der Waals surface area contributed by atoms with Gasteiger partial charge in [-0.05, 0) is 61.4 Å². The molecule has 0 radical (unpaired) electrons. The number of benzene rings is 2. The highest BCUT2D eigenvalue weighted by Gasteiger charge is 2.11. The van der Waals surface area contributed by atoms with Crippen LogP contribution in [0.25, 0.3) is 6.08 Å². The highest BCUT2D eigenvalue weighted by Crippen LogP contribution is 2.30. The highest BCUT2D eigenvalue weighted by atomic mass is 79.9. The third-order valence-electron chi connectivity index (χ3n) is 3.80. The molecule has 160 valence electrons. The fourth-order valence-corrected chi connectivity index (χ4v) is 2.93. The van der Waals surface area contributed by atoms with Crippen LogP contribution >= 0.6 is 15.9 Å². The van der Waals surface area contributed by atoms with E-state index < -0.39 is 12.5 Å². The summed E-state index contributed by atoms with van der Waals surface area (Å²) >= 11 is 3.35. The fourth-order valence-electron chi connectivity index (χ4n) is 2.45. The number of alkyl halides is 2. The third kappa shape index (κ3) is 7.47. The summed E-state index contributed by atoms with van der Waals surface area (Å²) in [6.07, 6.45) is 2.71. The fraction of sp³-hybridized carbons (Fsp3) is 0.238. The van der Waals surface area contributed by atoms with Gasteiger partial charge in [0.05, 0.1) is 13.2 Å². The average molecular weight is 483 g/mol. The van der Waals surface area contributed by atoms with Crippen LogP contribution in [0.1, 0.15) is 18.1 Å². The van der Waals surface area contributed by atoms with Crippen LogP contribution in [0.4, 0.5) is 14.5 Å². The summed E-state index contributed by atoms with van der Waals surface area (Å²) in [6.45, 7) is 0.659. The molecule has 2 rings (SSSR count). The minimum atomic E-state index is -2.97. The third-order valence-corrected chi connectivity index (χ3v) is 4.29. The smallest absolute Gasteiger partial charge is 0.387 e. The number of rotatable bonds is 9. The van der Waals surface area contributed by atoms with Crippen molar-refractivity contribution in [1.82, 2.24) is 5.32 Å². The molecule has 9 heteroatoms. The number of aryl methyl sites for hydroxylation is 1. The first-order valence-corrected chi connectivity index (χ1v) is 9.81. The second kappa shape index (κ2) is 11.3. The van der Waals surface area contributed by atoms with Crippen LogP contribution in [-0.4, -0.2) is 31.6 Å². The zero-order chi connectivity index (χ0) is 22.1. The van der Waals surface area contributed by atoms with Crippen molar-refractivity contribution in [3.05, 3.63) is 58.1 Å². The van der Waals surface area contributed by atoms with E-state index in [2.05, 4.69) is 31.3 Å². The first-order chi connectivity index (χ1) is 14.3. The molecule has 0 aliphatic heterocycles. The van der Waals surface area contributed by atoms with Crippen LogP contribution in [0.5, 0.6) is 11.5 Å². The quantitative estimate of drug-likeness (QED) is 0.515. The Balaban J connectivity index is 1.92. The molecular formula is C21H21BrF2N2O4. The standard InChI is InChI=1S/C21H21BrF2N2O4/c1-3-29-18-11-14(4-8-17(18)30-21(23)24)5-9-19(27)25-12-20(28)26-16-7-6-15(22)10-13(16)2/h4-11,21H,3,12H2,1-2H3,(H,25,27)(H,26,28)/b9-5+. The summed E-state index contributed by atoms with van der Waals surface area (Å²) in [5, 5.41) is 5.20. The number of ether oxygens (including phenoxy) is 2. The van der Waals surface area contributed by atoms with Gasteiger partial charge in [-0.1, -0.05) is 22.0 Å². The summed E-state index contributed by atoms with van der Waals surface area (Å²) in [4.78, 5) is 24.0. The van der Waals surface area contributed by atoms with Crippen LogP contribution in [0.3, 0.4) is 0 Å². The molecule has 2 amide bonds. The van der Waals surface area contributed by atoms with Crippen LogP contribution < -0.4 is 20.1 Å². The Labute approximate surface area is 181 Å². The maximum absolute atomic E-state index is 12.4. The SMILES string of the molecule is CCOc1cc(/C=C/C(=O)NCC(=O)Nc2ccc(Br)cc2C)ccc1OC(F)F. The summed E-state index contributed by atoms with van der Waals surface area (Å²) in [7, 11) is 0. The molecule has 0 aliphatic carbocycles. The van der Waals surface area contributed by atoms with Gasteiger partial charge < -0.3 is 20.1 Å². The number of nitrogens with one attached hydrogen (secondary N) is 2. The molecule has 0 aromatic heterocycles. The number of amides is 2. The Morgan fingerprint density at radius 3 is 2.60 bits per heavy atom. The van der Waals surface area contributed by atoms with E-state index in [4.69, 9.17) is 4.74 Å². The predicted octanol–water partition coefficient (Wildman–Crippen LogP) is 4.53. The number of carbonyl (C=O) groups excluding carboxylic acids is 2. The van der Waals surface area contributed by atoms with Crippen molar-refractivity contribution < 1.29 is 27.8 Å². The number of halogens is 3. The molecule has 0 fully saturated rings. The topological polar surface area (TPSA) is 76.7 Å². The largest absolute Gasteiger partial charge is 0.490 e. The average Bonchev–Trinajstić information content (AvgIpc) is 2.68. The Morgan fingerprint density at radius 2 is 1.93 bits per heavy atom. The van der Waals surface area contributed by atoms with Crippen molar-refractivity contribution >= 4 is 39.5 Å². The van der Waals surface area contributed by atoms with E-state index >= 15 is 0 Å². The molecule has 6 nitrogen and oxygen atoms in total. The van der Waals surface area contributed by atoms with E-state index in [9.17, 15) is 18.4 Å². The van der Waals surface area contributed by atoms with Crippen molar-refractivity contribution in [2.24, 2.45) is 0 Å². The minimum absolute atomic E-state index is 0.0895. The molecule has 2 aromatic carbocycles. The normalized spacial score (nSPS) is 10.9. The molecule has 0 unspecified atom stereocenters. The molecule has 2 aromatic rings. The van der Waals surface area contributed by atoms with Crippen molar-refractivity contribution in [3.63, 3.8) is 0 Å². The molecular weight excluding hydrogens is 462 g/mol. The van der Waals surface area contributed by atoms with Gasteiger partial charge in [-0.25, -0.2) is 0 Å². The van der Waals surface area contributed by atoms with Gasteiger partial charge in [-0.2, -0.15) is 8.78 Å². The summed E-state index contributed by atoms with van der Waals surface area (Å²) in [5.74, 6) is -0.796.